The predicted octanol–water partition coefficient (Wildman–Crippen LogP) is 1.19. The Morgan fingerprint density at radius 3 is 2.47 bits per heavy atom. The molecule has 1 aliphatic rings. The molecule has 0 fully saturated rings. The number of aromatic nitrogens is 1. The average molecular weight is 279 g/mol. The summed E-state index contributed by atoms with van der Waals surface area (Å²) in [6.45, 7) is 3.84. The summed E-state index contributed by atoms with van der Waals surface area (Å²) in [6.07, 6.45) is 2.43. The first-order valence-corrected chi connectivity index (χ1v) is 6.93. The summed E-state index contributed by atoms with van der Waals surface area (Å²) in [5.74, 6) is -2.80. The molecule has 0 saturated carbocycles. The van der Waals surface area contributed by atoms with Gasteiger partial charge < -0.3 is 15.2 Å². The highest BCUT2D eigenvalue weighted by Crippen LogP contribution is 2.34. The zero-order chi connectivity index (χ0) is 14.0. The number of nitrogens with zero attached hydrogens (tertiary/aromatic N) is 1. The van der Waals surface area contributed by atoms with Crippen LogP contribution in [0.2, 0.25) is 0 Å². The smallest absolute Gasteiger partial charge is 0.230 e. The molecular weight excluding hydrogens is 264 g/mol. The van der Waals surface area contributed by atoms with Crippen LogP contribution in [-0.2, 0) is 9.59 Å². The van der Waals surface area contributed by atoms with E-state index in [9.17, 15) is 14.7 Å². The Morgan fingerprint density at radius 2 is 1.95 bits per heavy atom. The summed E-state index contributed by atoms with van der Waals surface area (Å²) >= 11 is 1.31. The number of anilines is 1. The average Bonchev–Trinajstić information content (AvgIpc) is 2.84. The maximum Gasteiger partial charge on any atom is 0.230 e. The van der Waals surface area contributed by atoms with Crippen LogP contribution in [0, 0.1) is 11.8 Å². The summed E-state index contributed by atoms with van der Waals surface area (Å²) in [6, 6.07) is 0. The molecular formula is C13H15N2O3S-. The van der Waals surface area contributed by atoms with E-state index in [0.29, 0.717) is 18.0 Å². The minimum Gasteiger partial charge on any atom is -0.550 e. The number of carbonyl (C=O) groups excluding carboxylic acids is 2. The van der Waals surface area contributed by atoms with Gasteiger partial charge in [0.05, 0.1) is 5.92 Å². The fraction of sp³-hybridized carbons (Fsp3) is 0.462. The van der Waals surface area contributed by atoms with Crippen LogP contribution in [-0.4, -0.2) is 16.9 Å². The first-order valence-electron chi connectivity index (χ1n) is 6.05. The Labute approximate surface area is 115 Å². The lowest BCUT2D eigenvalue weighted by Gasteiger charge is -2.32. The summed E-state index contributed by atoms with van der Waals surface area (Å²) in [5, 5.41) is 16.1. The van der Waals surface area contributed by atoms with Crippen LogP contribution in [0.3, 0.4) is 0 Å². The number of aliphatic carboxylic acids is 1. The number of carbonyl (C=O) groups is 2. The zero-order valence-electron chi connectivity index (χ0n) is 10.8. The van der Waals surface area contributed by atoms with Crippen molar-refractivity contribution in [3.05, 3.63) is 22.7 Å². The van der Waals surface area contributed by atoms with Crippen molar-refractivity contribution < 1.29 is 14.7 Å². The van der Waals surface area contributed by atoms with Crippen LogP contribution in [0.4, 0.5) is 5.13 Å². The molecule has 102 valence electrons. The van der Waals surface area contributed by atoms with Gasteiger partial charge >= 0.3 is 0 Å². The van der Waals surface area contributed by atoms with Gasteiger partial charge in [0.25, 0.3) is 0 Å². The van der Waals surface area contributed by atoms with Crippen molar-refractivity contribution in [3.63, 3.8) is 0 Å². The van der Waals surface area contributed by atoms with Gasteiger partial charge in [-0.05, 0) is 26.7 Å². The van der Waals surface area contributed by atoms with Crippen LogP contribution in [0.1, 0.15) is 26.7 Å². The van der Waals surface area contributed by atoms with Gasteiger partial charge in [-0.1, -0.05) is 11.1 Å². The highest BCUT2D eigenvalue weighted by molar-refractivity contribution is 7.13. The Morgan fingerprint density at radius 1 is 1.32 bits per heavy atom. The largest absolute Gasteiger partial charge is 0.550 e. The monoisotopic (exact) mass is 279 g/mol. The standard InChI is InChI=1S/C13H16N2O3S/c1-7-5-9(10(12(17)18)6-8(7)2)11(16)15-13-14-3-4-19-13/h3-4,9-10H,5-6H2,1-2H3,(H,17,18)(H,14,15,16)/p-1/t9-,10-/m0/s1. The van der Waals surface area contributed by atoms with Crippen molar-refractivity contribution in [3.8, 4) is 0 Å². The molecule has 5 nitrogen and oxygen atoms in total. The van der Waals surface area contributed by atoms with E-state index in [2.05, 4.69) is 10.3 Å². The third-order valence-corrected chi connectivity index (χ3v) is 4.26. The van der Waals surface area contributed by atoms with Gasteiger partial charge in [0, 0.05) is 23.5 Å². The second-order valence-corrected chi connectivity index (χ2v) is 5.72. The molecule has 1 aliphatic carbocycles. The van der Waals surface area contributed by atoms with E-state index < -0.39 is 17.8 Å². The molecule has 1 heterocycles. The van der Waals surface area contributed by atoms with Crippen LogP contribution < -0.4 is 10.4 Å². The third-order valence-electron chi connectivity index (χ3n) is 3.57. The van der Waals surface area contributed by atoms with E-state index in [1.54, 1.807) is 11.6 Å². The van der Waals surface area contributed by atoms with Crippen molar-refractivity contribution in [2.75, 3.05) is 5.32 Å². The van der Waals surface area contributed by atoms with Crippen molar-refractivity contribution >= 4 is 28.3 Å². The Balaban J connectivity index is 2.16. The maximum atomic E-state index is 12.2. The number of thiazole rings is 1. The Hall–Kier alpha value is -1.69. The minimum absolute atomic E-state index is 0.295. The lowest BCUT2D eigenvalue weighted by molar-refractivity contribution is -0.313. The lowest BCUT2D eigenvalue weighted by atomic mass is 9.76. The van der Waals surface area contributed by atoms with Crippen LogP contribution in [0.25, 0.3) is 0 Å². The SMILES string of the molecule is CC1=C(C)C[C@H](C(=O)Nc2nccs2)[C@@H](C(=O)[O-])C1. The Bertz CT molecular complexity index is 522. The van der Waals surface area contributed by atoms with Gasteiger partial charge in [0.15, 0.2) is 5.13 Å². The molecule has 19 heavy (non-hydrogen) atoms. The molecule has 0 aliphatic heterocycles. The molecule has 1 aromatic heterocycles. The number of rotatable bonds is 3. The summed E-state index contributed by atoms with van der Waals surface area (Å²) in [4.78, 5) is 27.3. The van der Waals surface area contributed by atoms with Crippen molar-refractivity contribution in [1.29, 1.82) is 0 Å². The van der Waals surface area contributed by atoms with Gasteiger partial charge in [0.2, 0.25) is 5.91 Å². The van der Waals surface area contributed by atoms with E-state index in [1.807, 2.05) is 13.8 Å². The summed E-state index contributed by atoms with van der Waals surface area (Å²) < 4.78 is 0. The van der Waals surface area contributed by atoms with E-state index in [1.165, 1.54) is 11.3 Å². The topological polar surface area (TPSA) is 82.1 Å². The fourth-order valence-electron chi connectivity index (χ4n) is 2.30. The molecule has 6 heteroatoms. The molecule has 2 rings (SSSR count). The zero-order valence-corrected chi connectivity index (χ0v) is 11.6. The number of hydrogen-bond donors (Lipinski definition) is 1. The van der Waals surface area contributed by atoms with E-state index in [-0.39, 0.29) is 5.91 Å². The van der Waals surface area contributed by atoms with Gasteiger partial charge in [-0.15, -0.1) is 11.3 Å². The van der Waals surface area contributed by atoms with Crippen molar-refractivity contribution in [2.45, 2.75) is 26.7 Å². The van der Waals surface area contributed by atoms with E-state index in [4.69, 9.17) is 0 Å². The van der Waals surface area contributed by atoms with Gasteiger partial charge in [-0.25, -0.2) is 4.98 Å². The number of nitrogens with one attached hydrogen (secondary N) is 1. The van der Waals surface area contributed by atoms with Crippen LogP contribution >= 0.6 is 11.3 Å². The van der Waals surface area contributed by atoms with E-state index in [0.717, 1.165) is 11.1 Å². The fourth-order valence-corrected chi connectivity index (χ4v) is 2.83. The number of carboxylic acids is 1. The van der Waals surface area contributed by atoms with Crippen LogP contribution in [0.15, 0.2) is 22.7 Å². The molecule has 1 N–H and O–H groups in total. The predicted molar refractivity (Wildman–Crippen MR) is 70.3 cm³/mol. The van der Waals surface area contributed by atoms with E-state index >= 15 is 0 Å². The number of hydrogen-bond acceptors (Lipinski definition) is 5. The highest BCUT2D eigenvalue weighted by atomic mass is 32.1. The molecule has 0 bridgehead atoms. The molecule has 0 radical (unpaired) electrons. The first kappa shape index (κ1) is 13.7. The highest BCUT2D eigenvalue weighted by Gasteiger charge is 2.33. The first-order chi connectivity index (χ1) is 8.99. The Kier molecular flexibility index (Phi) is 3.99. The normalized spacial score (nSPS) is 23.3. The van der Waals surface area contributed by atoms with Gasteiger partial charge in [-0.2, -0.15) is 0 Å². The van der Waals surface area contributed by atoms with Crippen LogP contribution in [0.5, 0.6) is 0 Å². The molecule has 1 amide bonds. The molecule has 0 unspecified atom stereocenters. The molecule has 0 spiro atoms. The molecule has 0 aromatic carbocycles. The summed E-state index contributed by atoms with van der Waals surface area (Å²) in [5.41, 5.74) is 2.12. The van der Waals surface area contributed by atoms with Crippen molar-refractivity contribution in [1.82, 2.24) is 4.98 Å². The van der Waals surface area contributed by atoms with Gasteiger partial charge in [0.1, 0.15) is 0 Å². The van der Waals surface area contributed by atoms with Gasteiger partial charge in [-0.3, -0.25) is 4.79 Å². The second-order valence-electron chi connectivity index (χ2n) is 4.83. The summed E-state index contributed by atoms with van der Waals surface area (Å²) in [7, 11) is 0. The molecule has 2 atom stereocenters. The maximum absolute atomic E-state index is 12.2. The molecule has 0 saturated heterocycles. The quantitative estimate of drug-likeness (QED) is 0.843. The molecule has 1 aromatic rings. The lowest BCUT2D eigenvalue weighted by Crippen LogP contribution is -2.42. The number of allylic oxidation sites excluding steroid dienone is 2. The minimum atomic E-state index is -1.16. The number of amides is 1. The van der Waals surface area contributed by atoms with Crippen molar-refractivity contribution in [2.24, 2.45) is 11.8 Å². The third kappa shape index (κ3) is 3.01. The second kappa shape index (κ2) is 5.52. The number of carboxylic acid groups (broad SMARTS) is 1.